The van der Waals surface area contributed by atoms with E-state index in [9.17, 15) is 0 Å². The van der Waals surface area contributed by atoms with Gasteiger partial charge in [0, 0.05) is 50.7 Å². The lowest BCUT2D eigenvalue weighted by molar-refractivity contribution is 0.366. The van der Waals surface area contributed by atoms with Gasteiger partial charge in [0.15, 0.2) is 11.8 Å². The number of nitrogens with one attached hydrogen (secondary N) is 1. The fraction of sp³-hybridized carbons (Fsp3) is 0.571. The number of benzene rings is 1. The number of aliphatic imine (C=N–C) groups is 1. The van der Waals surface area contributed by atoms with Crippen LogP contribution in [0.15, 0.2) is 33.8 Å². The summed E-state index contributed by atoms with van der Waals surface area (Å²) in [5.74, 6) is 3.51. The third-order valence-corrected chi connectivity index (χ3v) is 4.94. The zero-order chi connectivity index (χ0) is 20.6. The summed E-state index contributed by atoms with van der Waals surface area (Å²) in [5.41, 5.74) is 1.23. The van der Waals surface area contributed by atoms with Gasteiger partial charge in [0.1, 0.15) is 5.75 Å². The van der Waals surface area contributed by atoms with Gasteiger partial charge in [-0.3, -0.25) is 4.99 Å². The van der Waals surface area contributed by atoms with Crippen LogP contribution in [0.4, 0.5) is 5.69 Å². The summed E-state index contributed by atoms with van der Waals surface area (Å²) in [4.78, 5) is 13.9. The molecule has 1 saturated heterocycles. The fourth-order valence-electron chi connectivity index (χ4n) is 3.26. The molecule has 158 valence electrons. The predicted octanol–water partition coefficient (Wildman–Crippen LogP) is 2.53. The van der Waals surface area contributed by atoms with Crippen LogP contribution in [0.2, 0.25) is 0 Å². The van der Waals surface area contributed by atoms with E-state index in [-0.39, 0.29) is 5.92 Å². The lowest BCUT2D eigenvalue weighted by atomic mass is 10.2. The molecule has 2 aromatic rings. The average molecular weight is 401 g/mol. The molecule has 0 unspecified atom stereocenters. The number of piperazine rings is 1. The third-order valence-electron chi connectivity index (χ3n) is 4.94. The second-order valence-corrected chi connectivity index (χ2v) is 7.36. The first-order chi connectivity index (χ1) is 14.1. The van der Waals surface area contributed by atoms with Crippen molar-refractivity contribution in [2.45, 2.75) is 33.1 Å². The van der Waals surface area contributed by atoms with Crippen molar-refractivity contribution in [3.05, 3.63) is 36.0 Å². The maximum absolute atomic E-state index is 5.31. The molecule has 29 heavy (non-hydrogen) atoms. The highest BCUT2D eigenvalue weighted by Gasteiger charge is 2.20. The Kier molecular flexibility index (Phi) is 7.32. The quantitative estimate of drug-likeness (QED) is 0.565. The molecule has 0 saturated carbocycles. The molecular formula is C21H32N6O2. The highest BCUT2D eigenvalue weighted by Crippen LogP contribution is 2.20. The Morgan fingerprint density at radius 1 is 1.21 bits per heavy atom. The van der Waals surface area contributed by atoms with Gasteiger partial charge in [-0.1, -0.05) is 19.0 Å². The van der Waals surface area contributed by atoms with Gasteiger partial charge in [-0.15, -0.1) is 0 Å². The van der Waals surface area contributed by atoms with Crippen LogP contribution in [-0.2, 0) is 6.42 Å². The molecule has 1 aliphatic rings. The van der Waals surface area contributed by atoms with Gasteiger partial charge in [0.2, 0.25) is 5.89 Å². The van der Waals surface area contributed by atoms with Crippen LogP contribution in [0.25, 0.3) is 0 Å². The summed E-state index contributed by atoms with van der Waals surface area (Å²) in [6.07, 6.45) is 0.653. The molecule has 3 rings (SSSR count). The van der Waals surface area contributed by atoms with Crippen LogP contribution in [0.1, 0.15) is 38.4 Å². The number of anilines is 1. The molecule has 1 fully saturated rings. The molecule has 1 aromatic heterocycles. The smallest absolute Gasteiger partial charge is 0.228 e. The summed E-state index contributed by atoms with van der Waals surface area (Å²) in [5, 5.41) is 7.42. The lowest BCUT2D eigenvalue weighted by Crippen LogP contribution is -2.52. The van der Waals surface area contributed by atoms with E-state index in [1.807, 2.05) is 12.1 Å². The molecule has 1 aromatic carbocycles. The highest BCUT2D eigenvalue weighted by molar-refractivity contribution is 5.80. The normalized spacial score (nSPS) is 15.1. The van der Waals surface area contributed by atoms with E-state index < -0.39 is 0 Å². The standard InChI is InChI=1S/C21H32N6O2/c1-5-22-21(23-11-10-19-24-20(16(2)3)25-29-19)27-14-12-26(13-15-27)17-6-8-18(28-4)9-7-17/h6-9,16H,5,10-15H2,1-4H3,(H,22,23). The van der Waals surface area contributed by atoms with Gasteiger partial charge >= 0.3 is 0 Å². The largest absolute Gasteiger partial charge is 0.497 e. The molecule has 0 atom stereocenters. The highest BCUT2D eigenvalue weighted by atomic mass is 16.5. The van der Waals surface area contributed by atoms with E-state index in [0.29, 0.717) is 18.9 Å². The Labute approximate surface area is 172 Å². The Balaban J connectivity index is 1.54. The van der Waals surface area contributed by atoms with E-state index in [0.717, 1.165) is 50.3 Å². The number of ether oxygens (including phenoxy) is 1. The topological polar surface area (TPSA) is 79.0 Å². The minimum absolute atomic E-state index is 0.273. The average Bonchev–Trinajstić information content (AvgIpc) is 3.23. The van der Waals surface area contributed by atoms with Crippen LogP contribution in [-0.4, -0.2) is 67.4 Å². The molecule has 8 nitrogen and oxygen atoms in total. The summed E-state index contributed by atoms with van der Waals surface area (Å²) in [7, 11) is 1.69. The SMILES string of the molecule is CCNC(=NCCc1nc(C(C)C)no1)N1CCN(c2ccc(OC)cc2)CC1. The number of hydrogen-bond donors (Lipinski definition) is 1. The van der Waals surface area contributed by atoms with Crippen molar-refractivity contribution in [1.82, 2.24) is 20.4 Å². The Morgan fingerprint density at radius 2 is 1.93 bits per heavy atom. The minimum atomic E-state index is 0.273. The van der Waals surface area contributed by atoms with E-state index >= 15 is 0 Å². The Morgan fingerprint density at radius 3 is 2.52 bits per heavy atom. The number of nitrogens with zero attached hydrogens (tertiary/aromatic N) is 5. The number of methoxy groups -OCH3 is 1. The lowest BCUT2D eigenvalue weighted by Gasteiger charge is -2.37. The first kappa shape index (κ1) is 21.0. The minimum Gasteiger partial charge on any atom is -0.497 e. The van der Waals surface area contributed by atoms with Gasteiger partial charge in [0.25, 0.3) is 0 Å². The van der Waals surface area contributed by atoms with Crippen molar-refractivity contribution in [1.29, 1.82) is 0 Å². The monoisotopic (exact) mass is 400 g/mol. The van der Waals surface area contributed by atoms with Gasteiger partial charge in [0.05, 0.1) is 13.7 Å². The second-order valence-electron chi connectivity index (χ2n) is 7.36. The second kappa shape index (κ2) is 10.1. The summed E-state index contributed by atoms with van der Waals surface area (Å²) < 4.78 is 10.6. The zero-order valence-electron chi connectivity index (χ0n) is 17.9. The van der Waals surface area contributed by atoms with Gasteiger partial charge in [-0.2, -0.15) is 4.98 Å². The van der Waals surface area contributed by atoms with E-state index in [1.165, 1.54) is 5.69 Å². The fourth-order valence-corrected chi connectivity index (χ4v) is 3.26. The number of hydrogen-bond acceptors (Lipinski definition) is 6. The first-order valence-electron chi connectivity index (χ1n) is 10.4. The molecule has 0 amide bonds. The van der Waals surface area contributed by atoms with Gasteiger partial charge < -0.3 is 24.4 Å². The summed E-state index contributed by atoms with van der Waals surface area (Å²) in [6, 6.07) is 8.25. The van der Waals surface area contributed by atoms with E-state index in [4.69, 9.17) is 14.3 Å². The molecular weight excluding hydrogens is 368 g/mol. The number of rotatable bonds is 7. The number of guanidine groups is 1. The van der Waals surface area contributed by atoms with Crippen molar-refractivity contribution < 1.29 is 9.26 Å². The first-order valence-corrected chi connectivity index (χ1v) is 10.4. The van der Waals surface area contributed by atoms with Gasteiger partial charge in [-0.25, -0.2) is 0 Å². The van der Waals surface area contributed by atoms with Crippen molar-refractivity contribution in [2.75, 3.05) is 51.3 Å². The molecule has 0 aliphatic carbocycles. The van der Waals surface area contributed by atoms with Crippen molar-refractivity contribution in [3.8, 4) is 5.75 Å². The van der Waals surface area contributed by atoms with Crippen LogP contribution in [0.5, 0.6) is 5.75 Å². The summed E-state index contributed by atoms with van der Waals surface area (Å²) >= 11 is 0. The van der Waals surface area contributed by atoms with Crippen LogP contribution >= 0.6 is 0 Å². The maximum atomic E-state index is 5.31. The predicted molar refractivity (Wildman–Crippen MR) is 115 cm³/mol. The van der Waals surface area contributed by atoms with E-state index in [2.05, 4.69) is 58.2 Å². The van der Waals surface area contributed by atoms with E-state index in [1.54, 1.807) is 7.11 Å². The molecule has 8 heteroatoms. The molecule has 0 spiro atoms. The Hall–Kier alpha value is -2.77. The van der Waals surface area contributed by atoms with Gasteiger partial charge in [-0.05, 0) is 31.2 Å². The maximum Gasteiger partial charge on any atom is 0.228 e. The van der Waals surface area contributed by atoms with Crippen LogP contribution in [0, 0.1) is 0 Å². The third kappa shape index (κ3) is 5.62. The van der Waals surface area contributed by atoms with Crippen LogP contribution < -0.4 is 15.0 Å². The molecule has 0 bridgehead atoms. The zero-order valence-corrected chi connectivity index (χ0v) is 17.9. The van der Waals surface area contributed by atoms with Crippen molar-refractivity contribution in [2.24, 2.45) is 4.99 Å². The van der Waals surface area contributed by atoms with Crippen LogP contribution in [0.3, 0.4) is 0 Å². The number of aromatic nitrogens is 2. The van der Waals surface area contributed by atoms with Crippen molar-refractivity contribution >= 4 is 11.6 Å². The molecule has 1 N–H and O–H groups in total. The molecule has 2 heterocycles. The Bertz CT molecular complexity index is 779. The molecule has 0 radical (unpaired) electrons. The molecule has 1 aliphatic heterocycles. The van der Waals surface area contributed by atoms with Crippen molar-refractivity contribution in [3.63, 3.8) is 0 Å². The summed E-state index contributed by atoms with van der Waals surface area (Å²) in [6.45, 7) is 11.4.